The highest BCUT2D eigenvalue weighted by atomic mass is 16.5. The molecule has 1 aliphatic rings. The van der Waals surface area contributed by atoms with Crippen LogP contribution in [0.5, 0.6) is 0 Å². The van der Waals surface area contributed by atoms with Crippen molar-refractivity contribution in [1.82, 2.24) is 14.7 Å². The van der Waals surface area contributed by atoms with E-state index in [4.69, 9.17) is 0 Å². The van der Waals surface area contributed by atoms with Crippen LogP contribution in [-0.2, 0) is 22.6 Å². The quantitative estimate of drug-likeness (QED) is 0.395. The lowest BCUT2D eigenvalue weighted by Crippen LogP contribution is -2.57. The lowest BCUT2D eigenvalue weighted by Gasteiger charge is -2.44. The zero-order chi connectivity index (χ0) is 25.4. The number of nitrogens with zero attached hydrogens (tertiary/aromatic N) is 3. The van der Waals surface area contributed by atoms with Crippen LogP contribution in [0.1, 0.15) is 54.7 Å². The summed E-state index contributed by atoms with van der Waals surface area (Å²) in [5, 5.41) is 0. The number of carbonyl (C=O) groups excluding carboxylic acids is 2. The van der Waals surface area contributed by atoms with E-state index >= 15 is 0 Å². The van der Waals surface area contributed by atoms with Crippen molar-refractivity contribution in [2.24, 2.45) is 0 Å². The fourth-order valence-electron chi connectivity index (χ4n) is 4.70. The van der Waals surface area contributed by atoms with Crippen LogP contribution < -0.4 is 0 Å². The summed E-state index contributed by atoms with van der Waals surface area (Å²) >= 11 is 0. The van der Waals surface area contributed by atoms with Gasteiger partial charge in [0.15, 0.2) is 0 Å². The second-order valence-corrected chi connectivity index (χ2v) is 9.34. The maximum atomic E-state index is 13.4. The van der Waals surface area contributed by atoms with Crippen LogP contribution in [0, 0.1) is 0 Å². The minimum absolute atomic E-state index is 0.117. The summed E-state index contributed by atoms with van der Waals surface area (Å²) in [5.74, 6) is -0.244. The average molecular weight is 478 g/mol. The Kier molecular flexibility index (Phi) is 9.64. The molecule has 2 atom stereocenters. The Morgan fingerprint density at radius 1 is 1.00 bits per heavy atom. The van der Waals surface area contributed by atoms with Crippen LogP contribution >= 0.6 is 0 Å². The molecule has 2 aromatic carbocycles. The van der Waals surface area contributed by atoms with Crippen molar-refractivity contribution >= 4 is 18.0 Å². The van der Waals surface area contributed by atoms with Crippen molar-refractivity contribution in [3.05, 3.63) is 76.9 Å². The number of hydrogen-bond donors (Lipinski definition) is 0. The standard InChI is InChI=1S/C29H39N3O3/c1-6-30(7-2)20-26-9-8-10-27(17-26)29(34)31-18-22(3)32(23(4)19-31)21-25-13-11-24(12-14-25)15-16-28(33)35-5/h8-17,22-23H,6-7,18-21H2,1-5H3/t22-,23+. The molecule has 0 radical (unpaired) electrons. The number of carbonyl (C=O) groups is 2. The molecule has 188 valence electrons. The van der Waals surface area contributed by atoms with Crippen molar-refractivity contribution in [3.8, 4) is 0 Å². The van der Waals surface area contributed by atoms with Gasteiger partial charge in [-0.25, -0.2) is 4.79 Å². The van der Waals surface area contributed by atoms with Gasteiger partial charge in [-0.1, -0.05) is 50.2 Å². The second-order valence-electron chi connectivity index (χ2n) is 9.34. The number of amides is 1. The Labute approximate surface area is 210 Å². The third-order valence-corrected chi connectivity index (χ3v) is 6.82. The number of methoxy groups -OCH3 is 1. The first-order valence-electron chi connectivity index (χ1n) is 12.6. The first-order valence-corrected chi connectivity index (χ1v) is 12.6. The number of benzene rings is 2. The van der Waals surface area contributed by atoms with E-state index in [0.717, 1.165) is 37.3 Å². The summed E-state index contributed by atoms with van der Waals surface area (Å²) < 4.78 is 4.64. The molecule has 0 aliphatic carbocycles. The number of rotatable bonds is 9. The molecular formula is C29H39N3O3. The van der Waals surface area contributed by atoms with Gasteiger partial charge in [-0.15, -0.1) is 0 Å². The van der Waals surface area contributed by atoms with Gasteiger partial charge in [-0.3, -0.25) is 14.6 Å². The van der Waals surface area contributed by atoms with Crippen molar-refractivity contribution in [1.29, 1.82) is 0 Å². The predicted molar refractivity (Wildman–Crippen MR) is 141 cm³/mol. The molecule has 1 amide bonds. The van der Waals surface area contributed by atoms with Crippen LogP contribution in [0.4, 0.5) is 0 Å². The van der Waals surface area contributed by atoms with E-state index < -0.39 is 0 Å². The maximum absolute atomic E-state index is 13.4. The zero-order valence-corrected chi connectivity index (χ0v) is 21.7. The molecule has 1 saturated heterocycles. The molecule has 0 unspecified atom stereocenters. The number of piperazine rings is 1. The predicted octanol–water partition coefficient (Wildman–Crippen LogP) is 4.45. The summed E-state index contributed by atoms with van der Waals surface area (Å²) in [6.07, 6.45) is 3.18. The third-order valence-electron chi connectivity index (χ3n) is 6.82. The lowest BCUT2D eigenvalue weighted by atomic mass is 10.0. The fraction of sp³-hybridized carbons (Fsp3) is 0.448. The Morgan fingerprint density at radius 3 is 2.26 bits per heavy atom. The molecule has 1 heterocycles. The van der Waals surface area contributed by atoms with Gasteiger partial charge in [0.05, 0.1) is 7.11 Å². The van der Waals surface area contributed by atoms with Gasteiger partial charge < -0.3 is 9.64 Å². The van der Waals surface area contributed by atoms with Gasteiger partial charge in [-0.05, 0) is 61.8 Å². The molecule has 3 rings (SSSR count). The molecule has 6 heteroatoms. The van der Waals surface area contributed by atoms with E-state index in [0.29, 0.717) is 13.1 Å². The maximum Gasteiger partial charge on any atom is 0.330 e. The molecule has 0 N–H and O–H groups in total. The Hall–Kier alpha value is -2.96. The molecule has 2 aromatic rings. The van der Waals surface area contributed by atoms with Gasteiger partial charge in [0.2, 0.25) is 0 Å². The van der Waals surface area contributed by atoms with Crippen molar-refractivity contribution < 1.29 is 14.3 Å². The van der Waals surface area contributed by atoms with Crippen molar-refractivity contribution in [3.63, 3.8) is 0 Å². The molecule has 0 saturated carbocycles. The summed E-state index contributed by atoms with van der Waals surface area (Å²) in [7, 11) is 1.37. The minimum atomic E-state index is -0.361. The topological polar surface area (TPSA) is 53.1 Å². The van der Waals surface area contributed by atoms with E-state index in [1.165, 1.54) is 24.3 Å². The highest BCUT2D eigenvalue weighted by Crippen LogP contribution is 2.22. The average Bonchev–Trinajstić information content (AvgIpc) is 2.88. The van der Waals surface area contributed by atoms with Gasteiger partial charge in [0.1, 0.15) is 0 Å². The number of hydrogen-bond acceptors (Lipinski definition) is 5. The van der Waals surface area contributed by atoms with Crippen LogP contribution in [0.3, 0.4) is 0 Å². The molecular weight excluding hydrogens is 438 g/mol. The highest BCUT2D eigenvalue weighted by molar-refractivity contribution is 5.94. The molecule has 6 nitrogen and oxygen atoms in total. The van der Waals surface area contributed by atoms with E-state index in [1.807, 2.05) is 29.2 Å². The van der Waals surface area contributed by atoms with E-state index in [1.54, 1.807) is 6.08 Å². The van der Waals surface area contributed by atoms with Gasteiger partial charge >= 0.3 is 5.97 Å². The summed E-state index contributed by atoms with van der Waals surface area (Å²) in [6.45, 7) is 13.8. The Balaban J connectivity index is 1.62. The zero-order valence-electron chi connectivity index (χ0n) is 21.7. The smallest absolute Gasteiger partial charge is 0.330 e. The van der Waals surface area contributed by atoms with Crippen LogP contribution in [0.15, 0.2) is 54.6 Å². The number of esters is 1. The lowest BCUT2D eigenvalue weighted by molar-refractivity contribution is -0.134. The summed E-state index contributed by atoms with van der Waals surface area (Å²) in [6, 6.07) is 16.8. The highest BCUT2D eigenvalue weighted by Gasteiger charge is 2.32. The second kappa shape index (κ2) is 12.7. The van der Waals surface area contributed by atoms with Crippen LogP contribution in [0.25, 0.3) is 6.08 Å². The van der Waals surface area contributed by atoms with Gasteiger partial charge in [0, 0.05) is 49.9 Å². The van der Waals surface area contributed by atoms with Crippen LogP contribution in [0.2, 0.25) is 0 Å². The molecule has 0 bridgehead atoms. The first-order chi connectivity index (χ1) is 16.8. The van der Waals surface area contributed by atoms with E-state index in [2.05, 4.69) is 66.5 Å². The molecule has 1 fully saturated rings. The molecule has 1 aliphatic heterocycles. The minimum Gasteiger partial charge on any atom is -0.466 e. The molecule has 35 heavy (non-hydrogen) atoms. The van der Waals surface area contributed by atoms with Gasteiger partial charge in [-0.2, -0.15) is 0 Å². The Morgan fingerprint density at radius 2 is 1.66 bits per heavy atom. The molecule has 0 spiro atoms. The largest absolute Gasteiger partial charge is 0.466 e. The van der Waals surface area contributed by atoms with E-state index in [9.17, 15) is 9.59 Å². The number of ether oxygens (including phenoxy) is 1. The van der Waals surface area contributed by atoms with Crippen LogP contribution in [-0.4, -0.2) is 71.9 Å². The van der Waals surface area contributed by atoms with Gasteiger partial charge in [0.25, 0.3) is 5.91 Å². The normalized spacial score (nSPS) is 18.9. The summed E-state index contributed by atoms with van der Waals surface area (Å²) in [5.41, 5.74) is 4.13. The molecule has 0 aromatic heterocycles. The van der Waals surface area contributed by atoms with E-state index in [-0.39, 0.29) is 24.0 Å². The van der Waals surface area contributed by atoms with Crippen molar-refractivity contribution in [2.75, 3.05) is 33.3 Å². The monoisotopic (exact) mass is 477 g/mol. The van der Waals surface area contributed by atoms with Crippen molar-refractivity contribution in [2.45, 2.75) is 52.9 Å². The summed E-state index contributed by atoms with van der Waals surface area (Å²) in [4.78, 5) is 31.5. The Bertz CT molecular complexity index is 1000. The third kappa shape index (κ3) is 7.26. The first kappa shape index (κ1) is 26.6. The SMILES string of the molecule is CCN(CC)Cc1cccc(C(=O)N2C[C@@H](C)N(Cc3ccc(C=CC(=O)OC)cc3)[C@@H](C)C2)c1. The fourth-order valence-corrected chi connectivity index (χ4v) is 4.70.